The molecule has 11 heavy (non-hydrogen) atoms. The molecule has 0 aromatic heterocycles. The highest BCUT2D eigenvalue weighted by Crippen LogP contribution is 2.28. The van der Waals surface area contributed by atoms with E-state index in [1.165, 1.54) is 18.2 Å². The second kappa shape index (κ2) is 3.61. The summed E-state index contributed by atoms with van der Waals surface area (Å²) in [6.07, 6.45) is 0. The first kappa shape index (κ1) is 9.11. The fourth-order valence-corrected chi connectivity index (χ4v) is 1.19. The van der Waals surface area contributed by atoms with Crippen LogP contribution in [0.2, 0.25) is 5.02 Å². The van der Waals surface area contributed by atoms with Crippen molar-refractivity contribution in [3.8, 4) is 0 Å². The SMILES string of the molecule is Fc1cc(Cl)ccc1C(Cl)Cl. The van der Waals surface area contributed by atoms with Crippen LogP contribution >= 0.6 is 34.8 Å². The van der Waals surface area contributed by atoms with Gasteiger partial charge in [-0.25, -0.2) is 4.39 Å². The van der Waals surface area contributed by atoms with Crippen LogP contribution in [0.3, 0.4) is 0 Å². The Balaban J connectivity index is 3.09. The molecule has 0 aliphatic carbocycles. The maximum absolute atomic E-state index is 12.8. The lowest BCUT2D eigenvalue weighted by Gasteiger charge is -2.02. The summed E-state index contributed by atoms with van der Waals surface area (Å²) in [6, 6.07) is 4.18. The van der Waals surface area contributed by atoms with Crippen molar-refractivity contribution in [2.24, 2.45) is 0 Å². The quantitative estimate of drug-likeness (QED) is 0.620. The molecule has 1 aromatic rings. The van der Waals surface area contributed by atoms with Crippen LogP contribution in [-0.4, -0.2) is 0 Å². The van der Waals surface area contributed by atoms with Crippen molar-refractivity contribution >= 4 is 34.8 Å². The third-order valence-corrected chi connectivity index (χ3v) is 1.90. The van der Waals surface area contributed by atoms with Crippen LogP contribution in [-0.2, 0) is 0 Å². The highest BCUT2D eigenvalue weighted by molar-refractivity contribution is 6.44. The Hall–Kier alpha value is 0.0200. The zero-order valence-corrected chi connectivity index (χ0v) is 7.59. The molecule has 1 aromatic carbocycles. The topological polar surface area (TPSA) is 0 Å². The smallest absolute Gasteiger partial charge is 0.135 e. The standard InChI is InChI=1S/C7H4Cl3F/c8-4-1-2-5(7(9)10)6(11)3-4/h1-3,7H. The van der Waals surface area contributed by atoms with Gasteiger partial charge in [0.1, 0.15) is 10.7 Å². The molecule has 0 fully saturated rings. The van der Waals surface area contributed by atoms with Crippen LogP contribution in [0, 0.1) is 5.82 Å². The molecule has 60 valence electrons. The fourth-order valence-electron chi connectivity index (χ4n) is 0.678. The minimum atomic E-state index is -0.840. The van der Waals surface area contributed by atoms with Crippen LogP contribution in [0.15, 0.2) is 18.2 Å². The molecule has 0 amide bonds. The number of halogens is 4. The number of alkyl halides is 2. The first-order valence-electron chi connectivity index (χ1n) is 2.84. The summed E-state index contributed by atoms with van der Waals surface area (Å²) in [6.45, 7) is 0. The van der Waals surface area contributed by atoms with Crippen LogP contribution < -0.4 is 0 Å². The molecule has 0 saturated carbocycles. The Labute approximate surface area is 78.9 Å². The largest absolute Gasteiger partial charge is 0.207 e. The minimum absolute atomic E-state index is 0.248. The van der Waals surface area contributed by atoms with E-state index in [1.807, 2.05) is 0 Å². The average molecular weight is 213 g/mol. The first-order valence-corrected chi connectivity index (χ1v) is 4.09. The summed E-state index contributed by atoms with van der Waals surface area (Å²) < 4.78 is 12.8. The molecule has 0 saturated heterocycles. The average Bonchev–Trinajstić information content (AvgIpc) is 1.85. The zero-order chi connectivity index (χ0) is 8.43. The molecule has 4 heteroatoms. The third kappa shape index (κ3) is 2.22. The van der Waals surface area contributed by atoms with Gasteiger partial charge < -0.3 is 0 Å². The van der Waals surface area contributed by atoms with Gasteiger partial charge in [0.05, 0.1) is 0 Å². The molecule has 0 aliphatic rings. The molecule has 0 aliphatic heterocycles. The lowest BCUT2D eigenvalue weighted by atomic mass is 10.2. The molecule has 0 radical (unpaired) electrons. The summed E-state index contributed by atoms with van der Waals surface area (Å²) in [4.78, 5) is -0.840. The summed E-state index contributed by atoms with van der Waals surface area (Å²) >= 11 is 16.4. The number of rotatable bonds is 1. The Bertz CT molecular complexity index is 260. The second-order valence-electron chi connectivity index (χ2n) is 1.97. The van der Waals surface area contributed by atoms with Gasteiger partial charge in [0.15, 0.2) is 0 Å². The van der Waals surface area contributed by atoms with Crippen molar-refractivity contribution < 1.29 is 4.39 Å². The van der Waals surface area contributed by atoms with E-state index in [1.54, 1.807) is 0 Å². The molecule has 0 atom stereocenters. The monoisotopic (exact) mass is 212 g/mol. The Morgan fingerprint density at radius 3 is 2.36 bits per heavy atom. The maximum Gasteiger partial charge on any atom is 0.135 e. The lowest BCUT2D eigenvalue weighted by Crippen LogP contribution is -1.87. The third-order valence-electron chi connectivity index (χ3n) is 1.20. The van der Waals surface area contributed by atoms with Crippen LogP contribution in [0.1, 0.15) is 10.4 Å². The predicted octanol–water partition coefficient (Wildman–Crippen LogP) is 3.96. The zero-order valence-electron chi connectivity index (χ0n) is 5.32. The lowest BCUT2D eigenvalue weighted by molar-refractivity contribution is 0.616. The number of hydrogen-bond donors (Lipinski definition) is 0. The van der Waals surface area contributed by atoms with Crippen molar-refractivity contribution in [1.29, 1.82) is 0 Å². The van der Waals surface area contributed by atoms with E-state index in [-0.39, 0.29) is 5.56 Å². The van der Waals surface area contributed by atoms with Gasteiger partial charge in [0, 0.05) is 10.6 Å². The van der Waals surface area contributed by atoms with E-state index in [2.05, 4.69) is 0 Å². The van der Waals surface area contributed by atoms with E-state index in [0.717, 1.165) is 0 Å². The highest BCUT2D eigenvalue weighted by atomic mass is 35.5. The molecule has 0 spiro atoms. The van der Waals surface area contributed by atoms with Gasteiger partial charge >= 0.3 is 0 Å². The van der Waals surface area contributed by atoms with Gasteiger partial charge in [0.2, 0.25) is 0 Å². The van der Waals surface area contributed by atoms with Gasteiger partial charge in [-0.15, -0.1) is 0 Å². The molecular formula is C7H4Cl3F. The molecular weight excluding hydrogens is 209 g/mol. The van der Waals surface area contributed by atoms with Gasteiger partial charge in [-0.05, 0) is 12.1 Å². The first-order chi connectivity index (χ1) is 5.11. The Morgan fingerprint density at radius 1 is 1.27 bits per heavy atom. The van der Waals surface area contributed by atoms with Crippen molar-refractivity contribution in [3.05, 3.63) is 34.6 Å². The summed E-state index contributed by atoms with van der Waals surface area (Å²) in [5, 5.41) is 0.334. The van der Waals surface area contributed by atoms with E-state index < -0.39 is 10.7 Å². The van der Waals surface area contributed by atoms with Crippen molar-refractivity contribution in [3.63, 3.8) is 0 Å². The second-order valence-corrected chi connectivity index (χ2v) is 3.50. The van der Waals surface area contributed by atoms with Crippen LogP contribution in [0.25, 0.3) is 0 Å². The molecule has 0 bridgehead atoms. The van der Waals surface area contributed by atoms with Crippen LogP contribution in [0.4, 0.5) is 4.39 Å². The Morgan fingerprint density at radius 2 is 1.91 bits per heavy atom. The minimum Gasteiger partial charge on any atom is -0.207 e. The highest BCUT2D eigenvalue weighted by Gasteiger charge is 2.09. The van der Waals surface area contributed by atoms with Crippen molar-refractivity contribution in [1.82, 2.24) is 0 Å². The van der Waals surface area contributed by atoms with Gasteiger partial charge in [-0.1, -0.05) is 40.9 Å². The number of hydrogen-bond acceptors (Lipinski definition) is 0. The number of benzene rings is 1. The van der Waals surface area contributed by atoms with E-state index >= 15 is 0 Å². The summed E-state index contributed by atoms with van der Waals surface area (Å²) in [7, 11) is 0. The summed E-state index contributed by atoms with van der Waals surface area (Å²) in [5.74, 6) is -0.479. The molecule has 0 unspecified atom stereocenters. The van der Waals surface area contributed by atoms with Gasteiger partial charge in [-0.3, -0.25) is 0 Å². The van der Waals surface area contributed by atoms with Crippen LogP contribution in [0.5, 0.6) is 0 Å². The van der Waals surface area contributed by atoms with Gasteiger partial charge in [0.25, 0.3) is 0 Å². The Kier molecular flexibility index (Phi) is 2.99. The maximum atomic E-state index is 12.8. The predicted molar refractivity (Wildman–Crippen MR) is 45.9 cm³/mol. The molecule has 0 N–H and O–H groups in total. The van der Waals surface area contributed by atoms with E-state index in [4.69, 9.17) is 34.8 Å². The normalized spacial score (nSPS) is 10.6. The molecule has 0 nitrogen and oxygen atoms in total. The van der Waals surface area contributed by atoms with E-state index in [0.29, 0.717) is 5.02 Å². The van der Waals surface area contributed by atoms with Gasteiger partial charge in [-0.2, -0.15) is 0 Å². The molecule has 0 heterocycles. The summed E-state index contributed by atoms with van der Waals surface area (Å²) in [5.41, 5.74) is 0.248. The van der Waals surface area contributed by atoms with Crippen molar-refractivity contribution in [2.75, 3.05) is 0 Å². The van der Waals surface area contributed by atoms with Crippen molar-refractivity contribution in [2.45, 2.75) is 4.84 Å². The van der Waals surface area contributed by atoms with E-state index in [9.17, 15) is 4.39 Å². The fraction of sp³-hybridized carbons (Fsp3) is 0.143. The molecule has 1 rings (SSSR count).